The van der Waals surface area contributed by atoms with Gasteiger partial charge in [-0.2, -0.15) is 11.3 Å². The molecular formula is C23H25N3O3S. The van der Waals surface area contributed by atoms with Gasteiger partial charge in [-0.15, -0.1) is 0 Å². The minimum atomic E-state index is -0.228. The van der Waals surface area contributed by atoms with Gasteiger partial charge in [-0.05, 0) is 43.7 Å². The lowest BCUT2D eigenvalue weighted by molar-refractivity contribution is -0.134. The molecule has 0 radical (unpaired) electrons. The number of aryl methyl sites for hydroxylation is 1. The van der Waals surface area contributed by atoms with Crippen molar-refractivity contribution >= 4 is 17.2 Å². The van der Waals surface area contributed by atoms with E-state index in [1.165, 1.54) is 6.07 Å². The molecule has 3 aromatic rings. The van der Waals surface area contributed by atoms with Gasteiger partial charge in [-0.1, -0.05) is 17.7 Å². The number of benzene rings is 1. The van der Waals surface area contributed by atoms with Crippen LogP contribution in [-0.4, -0.2) is 34.4 Å². The second kappa shape index (κ2) is 8.83. The molecule has 0 spiro atoms. The van der Waals surface area contributed by atoms with E-state index in [0.717, 1.165) is 36.0 Å². The first-order valence-electron chi connectivity index (χ1n) is 10.1. The highest BCUT2D eigenvalue weighted by atomic mass is 32.1. The van der Waals surface area contributed by atoms with E-state index in [-0.39, 0.29) is 23.9 Å². The van der Waals surface area contributed by atoms with Crippen molar-refractivity contribution in [3.8, 4) is 17.0 Å². The Bertz CT molecular complexity index is 1090. The summed E-state index contributed by atoms with van der Waals surface area (Å²) in [5.74, 6) is 1.30. The largest absolute Gasteiger partial charge is 0.496 e. The molecule has 30 heavy (non-hydrogen) atoms. The third-order valence-corrected chi connectivity index (χ3v) is 6.18. The smallest absolute Gasteiger partial charge is 0.251 e. The number of aromatic amines is 1. The number of thiophene rings is 1. The lowest BCUT2D eigenvalue weighted by Crippen LogP contribution is -2.40. The highest BCUT2D eigenvalue weighted by Crippen LogP contribution is 2.31. The van der Waals surface area contributed by atoms with Crippen molar-refractivity contribution in [2.45, 2.75) is 38.6 Å². The molecule has 1 aromatic carbocycles. The summed E-state index contributed by atoms with van der Waals surface area (Å²) in [6.45, 7) is 2.66. The molecule has 4 rings (SSSR count). The summed E-state index contributed by atoms with van der Waals surface area (Å²) in [5, 5.41) is 3.93. The van der Waals surface area contributed by atoms with Crippen molar-refractivity contribution in [1.82, 2.24) is 14.9 Å². The number of hydrogen-bond donors (Lipinski definition) is 1. The molecule has 0 aliphatic carbocycles. The number of likely N-dealkylation sites (tertiary alicyclic amines) is 1. The van der Waals surface area contributed by atoms with Crippen LogP contribution in [0.25, 0.3) is 11.3 Å². The van der Waals surface area contributed by atoms with E-state index in [9.17, 15) is 9.59 Å². The van der Waals surface area contributed by atoms with Gasteiger partial charge in [-0.3, -0.25) is 9.59 Å². The first-order chi connectivity index (χ1) is 14.5. The molecular weight excluding hydrogens is 398 g/mol. The minimum Gasteiger partial charge on any atom is -0.496 e. The fourth-order valence-electron chi connectivity index (χ4n) is 4.02. The van der Waals surface area contributed by atoms with Gasteiger partial charge in [0.25, 0.3) is 5.56 Å². The number of nitrogens with zero attached hydrogens (tertiary/aromatic N) is 2. The van der Waals surface area contributed by atoms with Gasteiger partial charge in [0.1, 0.15) is 11.6 Å². The number of ether oxygens (including phenoxy) is 1. The monoisotopic (exact) mass is 423 g/mol. The van der Waals surface area contributed by atoms with Crippen molar-refractivity contribution in [2.24, 2.45) is 0 Å². The molecule has 1 aliphatic heterocycles. The third-order valence-electron chi connectivity index (χ3n) is 5.49. The predicted molar refractivity (Wildman–Crippen MR) is 118 cm³/mol. The van der Waals surface area contributed by atoms with Gasteiger partial charge in [0.15, 0.2) is 0 Å². The molecule has 7 heteroatoms. The summed E-state index contributed by atoms with van der Waals surface area (Å²) in [6, 6.07) is 9.10. The van der Waals surface area contributed by atoms with E-state index in [0.29, 0.717) is 23.8 Å². The van der Waals surface area contributed by atoms with E-state index in [1.807, 2.05) is 46.8 Å². The number of carbonyl (C=O) groups excluding carboxylic acids is 1. The summed E-state index contributed by atoms with van der Waals surface area (Å²) >= 11 is 1.56. The van der Waals surface area contributed by atoms with Crippen molar-refractivity contribution in [1.29, 1.82) is 0 Å². The predicted octanol–water partition coefficient (Wildman–Crippen LogP) is 4.11. The lowest BCUT2D eigenvalue weighted by atomic mass is 9.99. The average Bonchev–Trinajstić information content (AvgIpc) is 3.28. The SMILES string of the molecule is COc1ccc(C)cc1CC(=O)N1CCCC[C@H]1c1nc(-c2ccsc2)cc(=O)[nH]1. The fourth-order valence-corrected chi connectivity index (χ4v) is 4.67. The van der Waals surface area contributed by atoms with Crippen LogP contribution in [0.5, 0.6) is 5.75 Å². The molecule has 6 nitrogen and oxygen atoms in total. The summed E-state index contributed by atoms with van der Waals surface area (Å²) < 4.78 is 5.44. The van der Waals surface area contributed by atoms with Crippen LogP contribution in [0.4, 0.5) is 0 Å². The standard InChI is InChI=1S/C23H25N3O3S/c1-15-6-7-20(29-2)17(11-15)12-22(28)26-9-4-3-5-19(26)23-24-18(13-21(27)25-23)16-8-10-30-14-16/h6-8,10-11,13-14,19H,3-5,9,12H2,1-2H3,(H,24,25,27)/t19-/m0/s1. The number of H-pyrrole nitrogens is 1. The van der Waals surface area contributed by atoms with Crippen LogP contribution in [0.2, 0.25) is 0 Å². The number of aromatic nitrogens is 2. The maximum atomic E-state index is 13.3. The highest BCUT2D eigenvalue weighted by molar-refractivity contribution is 7.08. The van der Waals surface area contributed by atoms with E-state index in [1.54, 1.807) is 18.4 Å². The van der Waals surface area contributed by atoms with Crippen LogP contribution in [0, 0.1) is 6.92 Å². The number of hydrogen-bond acceptors (Lipinski definition) is 5. The van der Waals surface area contributed by atoms with Crippen molar-refractivity contribution in [2.75, 3.05) is 13.7 Å². The number of nitrogens with one attached hydrogen (secondary N) is 1. The summed E-state index contributed by atoms with van der Waals surface area (Å²) in [6.07, 6.45) is 2.98. The number of piperidine rings is 1. The quantitative estimate of drug-likeness (QED) is 0.670. The Hall–Kier alpha value is -2.93. The van der Waals surface area contributed by atoms with Gasteiger partial charge >= 0.3 is 0 Å². The molecule has 1 N–H and O–H groups in total. The molecule has 0 saturated carbocycles. The second-order valence-corrected chi connectivity index (χ2v) is 8.40. The van der Waals surface area contributed by atoms with Crippen LogP contribution in [0.15, 0.2) is 45.9 Å². The second-order valence-electron chi connectivity index (χ2n) is 7.62. The van der Waals surface area contributed by atoms with Crippen molar-refractivity contribution in [3.05, 3.63) is 68.4 Å². The summed E-state index contributed by atoms with van der Waals surface area (Å²) in [5.41, 5.74) is 3.34. The maximum absolute atomic E-state index is 13.3. The Labute approximate surface area is 179 Å². The van der Waals surface area contributed by atoms with Crippen LogP contribution in [-0.2, 0) is 11.2 Å². The van der Waals surface area contributed by atoms with Crippen LogP contribution in [0.3, 0.4) is 0 Å². The maximum Gasteiger partial charge on any atom is 0.251 e. The van der Waals surface area contributed by atoms with Gasteiger partial charge in [0.05, 0.1) is 25.3 Å². The normalized spacial score (nSPS) is 16.5. The Morgan fingerprint density at radius 2 is 2.17 bits per heavy atom. The molecule has 0 bridgehead atoms. The molecule has 156 valence electrons. The van der Waals surface area contributed by atoms with Crippen molar-refractivity contribution < 1.29 is 9.53 Å². The topological polar surface area (TPSA) is 75.3 Å². The van der Waals surface area contributed by atoms with Crippen molar-refractivity contribution in [3.63, 3.8) is 0 Å². The number of amides is 1. The Morgan fingerprint density at radius 3 is 2.93 bits per heavy atom. The van der Waals surface area contributed by atoms with Crippen LogP contribution in [0.1, 0.15) is 42.3 Å². The number of methoxy groups -OCH3 is 1. The lowest BCUT2D eigenvalue weighted by Gasteiger charge is -2.35. The van der Waals surface area contributed by atoms with Gasteiger partial charge < -0.3 is 14.6 Å². The molecule has 1 fully saturated rings. The van der Waals surface area contributed by atoms with Gasteiger partial charge in [0, 0.05) is 29.1 Å². The van der Waals surface area contributed by atoms with E-state index in [2.05, 4.69) is 4.98 Å². The Kier molecular flexibility index (Phi) is 5.99. The van der Waals surface area contributed by atoms with E-state index < -0.39 is 0 Å². The zero-order valence-electron chi connectivity index (χ0n) is 17.2. The molecule has 1 atom stereocenters. The number of rotatable bonds is 5. The Morgan fingerprint density at radius 1 is 1.30 bits per heavy atom. The van der Waals surface area contributed by atoms with Crippen LogP contribution < -0.4 is 10.3 Å². The summed E-state index contributed by atoms with van der Waals surface area (Å²) in [7, 11) is 1.62. The highest BCUT2D eigenvalue weighted by Gasteiger charge is 2.30. The van der Waals surface area contributed by atoms with Gasteiger partial charge in [0.2, 0.25) is 5.91 Å². The molecule has 3 heterocycles. The molecule has 1 saturated heterocycles. The zero-order valence-corrected chi connectivity index (χ0v) is 18.0. The first kappa shape index (κ1) is 20.3. The third kappa shape index (κ3) is 4.31. The molecule has 1 amide bonds. The Balaban J connectivity index is 1.63. The summed E-state index contributed by atoms with van der Waals surface area (Å²) in [4.78, 5) is 35.1. The van der Waals surface area contributed by atoms with Crippen LogP contribution >= 0.6 is 11.3 Å². The molecule has 1 aliphatic rings. The molecule has 2 aromatic heterocycles. The van der Waals surface area contributed by atoms with E-state index in [4.69, 9.17) is 9.72 Å². The number of carbonyl (C=O) groups is 1. The average molecular weight is 424 g/mol. The van der Waals surface area contributed by atoms with E-state index >= 15 is 0 Å². The zero-order chi connectivity index (χ0) is 21.1. The fraction of sp³-hybridized carbons (Fsp3) is 0.348. The minimum absolute atomic E-state index is 0.0205. The first-order valence-corrected chi connectivity index (χ1v) is 11.1. The molecule has 0 unspecified atom stereocenters. The van der Waals surface area contributed by atoms with Gasteiger partial charge in [-0.25, -0.2) is 4.98 Å².